The predicted molar refractivity (Wildman–Crippen MR) is 84.0 cm³/mol. The molecular weight excluding hydrogens is 266 g/mol. The van der Waals surface area contributed by atoms with Crippen molar-refractivity contribution in [3.05, 3.63) is 58.7 Å². The molecule has 0 bridgehead atoms. The van der Waals surface area contributed by atoms with Gasteiger partial charge in [-0.05, 0) is 18.7 Å². The Morgan fingerprint density at radius 1 is 1.20 bits per heavy atom. The molecule has 1 atom stereocenters. The second-order valence-corrected chi connectivity index (χ2v) is 5.65. The zero-order valence-electron chi connectivity index (χ0n) is 11.4. The Balaban J connectivity index is 1.91. The second-order valence-electron chi connectivity index (χ2n) is 4.67. The first-order chi connectivity index (χ1) is 9.86. The van der Waals surface area contributed by atoms with Crippen LogP contribution in [0.5, 0.6) is 0 Å². The summed E-state index contributed by atoms with van der Waals surface area (Å²) in [7, 11) is 0. The molecule has 0 aliphatic rings. The van der Waals surface area contributed by atoms with Crippen molar-refractivity contribution in [2.75, 3.05) is 6.54 Å². The SMILES string of the molecule is CCNC(Cc1nccs1)c1ccc2ccccc2n1. The summed E-state index contributed by atoms with van der Waals surface area (Å²) in [4.78, 5) is 9.17. The fraction of sp³-hybridized carbons (Fsp3) is 0.250. The number of hydrogen-bond donors (Lipinski definition) is 1. The Morgan fingerprint density at radius 2 is 2.10 bits per heavy atom. The molecular formula is C16H17N3S. The van der Waals surface area contributed by atoms with Crippen molar-refractivity contribution in [1.82, 2.24) is 15.3 Å². The van der Waals surface area contributed by atoms with Gasteiger partial charge in [0.15, 0.2) is 0 Å². The van der Waals surface area contributed by atoms with Crippen molar-refractivity contribution in [2.45, 2.75) is 19.4 Å². The third kappa shape index (κ3) is 2.86. The molecule has 1 N–H and O–H groups in total. The van der Waals surface area contributed by atoms with E-state index in [9.17, 15) is 0 Å². The molecule has 0 aliphatic heterocycles. The van der Waals surface area contributed by atoms with Gasteiger partial charge in [0.05, 0.1) is 22.3 Å². The molecule has 0 saturated heterocycles. The van der Waals surface area contributed by atoms with Gasteiger partial charge in [0.1, 0.15) is 0 Å². The number of nitrogens with zero attached hydrogens (tertiary/aromatic N) is 2. The summed E-state index contributed by atoms with van der Waals surface area (Å²) in [6, 6.07) is 12.7. The standard InChI is InChI=1S/C16H17N3S/c1-2-17-15(11-16-18-9-10-20-16)14-8-7-12-5-3-4-6-13(12)19-14/h3-10,15,17H,2,11H2,1H3. The van der Waals surface area contributed by atoms with E-state index in [-0.39, 0.29) is 6.04 Å². The van der Waals surface area contributed by atoms with Gasteiger partial charge >= 0.3 is 0 Å². The molecule has 1 aromatic carbocycles. The molecule has 3 aromatic rings. The van der Waals surface area contributed by atoms with Gasteiger partial charge in [-0.25, -0.2) is 4.98 Å². The topological polar surface area (TPSA) is 37.8 Å². The number of nitrogens with one attached hydrogen (secondary N) is 1. The van der Waals surface area contributed by atoms with Crippen molar-refractivity contribution in [3.63, 3.8) is 0 Å². The van der Waals surface area contributed by atoms with E-state index in [1.54, 1.807) is 11.3 Å². The summed E-state index contributed by atoms with van der Waals surface area (Å²) in [5.41, 5.74) is 2.13. The number of hydrogen-bond acceptors (Lipinski definition) is 4. The van der Waals surface area contributed by atoms with E-state index in [4.69, 9.17) is 4.98 Å². The highest BCUT2D eigenvalue weighted by molar-refractivity contribution is 7.09. The highest BCUT2D eigenvalue weighted by Crippen LogP contribution is 2.21. The van der Waals surface area contributed by atoms with E-state index in [0.717, 1.165) is 29.2 Å². The maximum absolute atomic E-state index is 4.79. The molecule has 20 heavy (non-hydrogen) atoms. The van der Waals surface area contributed by atoms with E-state index in [2.05, 4.69) is 41.5 Å². The molecule has 0 radical (unpaired) electrons. The van der Waals surface area contributed by atoms with Crippen LogP contribution in [0, 0.1) is 0 Å². The lowest BCUT2D eigenvalue weighted by Gasteiger charge is -2.16. The van der Waals surface area contributed by atoms with Crippen LogP contribution in [0.25, 0.3) is 10.9 Å². The lowest BCUT2D eigenvalue weighted by Crippen LogP contribution is -2.23. The normalized spacial score (nSPS) is 12.7. The van der Waals surface area contributed by atoms with E-state index < -0.39 is 0 Å². The smallest absolute Gasteiger partial charge is 0.0944 e. The first-order valence-electron chi connectivity index (χ1n) is 6.84. The highest BCUT2D eigenvalue weighted by atomic mass is 32.1. The van der Waals surface area contributed by atoms with Crippen molar-refractivity contribution in [1.29, 1.82) is 0 Å². The summed E-state index contributed by atoms with van der Waals surface area (Å²) < 4.78 is 0. The average molecular weight is 283 g/mol. The van der Waals surface area contributed by atoms with Crippen molar-refractivity contribution < 1.29 is 0 Å². The minimum absolute atomic E-state index is 0.218. The van der Waals surface area contributed by atoms with Crippen LogP contribution in [0.4, 0.5) is 0 Å². The number of pyridine rings is 1. The third-order valence-electron chi connectivity index (χ3n) is 3.29. The van der Waals surface area contributed by atoms with Crippen LogP contribution in [-0.4, -0.2) is 16.5 Å². The summed E-state index contributed by atoms with van der Waals surface area (Å²) in [6.45, 7) is 3.04. The number of benzene rings is 1. The minimum Gasteiger partial charge on any atom is -0.309 e. The van der Waals surface area contributed by atoms with Crippen LogP contribution >= 0.6 is 11.3 Å². The Kier molecular flexibility index (Phi) is 4.04. The lowest BCUT2D eigenvalue weighted by molar-refractivity contribution is 0.537. The molecule has 0 fully saturated rings. The number of fused-ring (bicyclic) bond motifs is 1. The highest BCUT2D eigenvalue weighted by Gasteiger charge is 2.14. The molecule has 4 heteroatoms. The largest absolute Gasteiger partial charge is 0.309 e. The maximum atomic E-state index is 4.79. The number of rotatable bonds is 5. The molecule has 0 spiro atoms. The average Bonchev–Trinajstić information content (AvgIpc) is 2.99. The Labute approximate surface area is 122 Å². The second kappa shape index (κ2) is 6.11. The fourth-order valence-electron chi connectivity index (χ4n) is 2.33. The molecule has 1 unspecified atom stereocenters. The third-order valence-corrected chi connectivity index (χ3v) is 4.09. The van der Waals surface area contributed by atoms with E-state index in [0.29, 0.717) is 0 Å². The van der Waals surface area contributed by atoms with Crippen LogP contribution in [0.2, 0.25) is 0 Å². The molecule has 3 rings (SSSR count). The number of para-hydroxylation sites is 1. The maximum Gasteiger partial charge on any atom is 0.0944 e. The summed E-state index contributed by atoms with van der Waals surface area (Å²) in [6.07, 6.45) is 2.74. The summed E-state index contributed by atoms with van der Waals surface area (Å²) in [5, 5.41) is 7.85. The van der Waals surface area contributed by atoms with Gasteiger partial charge in [0, 0.05) is 23.4 Å². The first kappa shape index (κ1) is 13.2. The molecule has 0 aliphatic carbocycles. The summed E-state index contributed by atoms with van der Waals surface area (Å²) in [5.74, 6) is 0. The molecule has 102 valence electrons. The first-order valence-corrected chi connectivity index (χ1v) is 7.72. The van der Waals surface area contributed by atoms with Gasteiger partial charge in [-0.1, -0.05) is 31.2 Å². The van der Waals surface area contributed by atoms with Crippen LogP contribution in [-0.2, 0) is 6.42 Å². The van der Waals surface area contributed by atoms with Crippen LogP contribution < -0.4 is 5.32 Å². The predicted octanol–water partition coefficient (Wildman–Crippen LogP) is 3.58. The van der Waals surface area contributed by atoms with Crippen LogP contribution in [0.1, 0.15) is 23.7 Å². The van der Waals surface area contributed by atoms with Gasteiger partial charge in [-0.2, -0.15) is 0 Å². The lowest BCUT2D eigenvalue weighted by atomic mass is 10.1. The van der Waals surface area contributed by atoms with Gasteiger partial charge in [0.2, 0.25) is 0 Å². The molecule has 0 amide bonds. The zero-order chi connectivity index (χ0) is 13.8. The molecule has 2 heterocycles. The monoisotopic (exact) mass is 283 g/mol. The van der Waals surface area contributed by atoms with E-state index >= 15 is 0 Å². The van der Waals surface area contributed by atoms with Gasteiger partial charge in [-0.15, -0.1) is 11.3 Å². The van der Waals surface area contributed by atoms with Crippen LogP contribution in [0.15, 0.2) is 48.0 Å². The van der Waals surface area contributed by atoms with E-state index in [1.807, 2.05) is 23.7 Å². The Hall–Kier alpha value is -1.78. The number of aromatic nitrogens is 2. The van der Waals surface area contributed by atoms with Gasteiger partial charge < -0.3 is 5.32 Å². The quantitative estimate of drug-likeness (QED) is 0.777. The van der Waals surface area contributed by atoms with Crippen molar-refractivity contribution in [2.24, 2.45) is 0 Å². The van der Waals surface area contributed by atoms with Gasteiger partial charge in [-0.3, -0.25) is 4.98 Å². The number of thiazole rings is 1. The van der Waals surface area contributed by atoms with Crippen molar-refractivity contribution in [3.8, 4) is 0 Å². The zero-order valence-corrected chi connectivity index (χ0v) is 12.2. The van der Waals surface area contributed by atoms with Crippen molar-refractivity contribution >= 4 is 22.2 Å². The molecule has 2 aromatic heterocycles. The Morgan fingerprint density at radius 3 is 2.90 bits per heavy atom. The molecule has 3 nitrogen and oxygen atoms in total. The fourth-order valence-corrected chi connectivity index (χ4v) is 3.00. The van der Waals surface area contributed by atoms with E-state index in [1.165, 1.54) is 5.39 Å². The summed E-state index contributed by atoms with van der Waals surface area (Å²) >= 11 is 1.70. The Bertz CT molecular complexity index is 679. The minimum atomic E-state index is 0.218. The number of likely N-dealkylation sites (N-methyl/N-ethyl adjacent to an activating group) is 1. The van der Waals surface area contributed by atoms with Crippen LogP contribution in [0.3, 0.4) is 0 Å². The van der Waals surface area contributed by atoms with Gasteiger partial charge in [0.25, 0.3) is 0 Å². The molecule has 0 saturated carbocycles.